The average molecular weight is 371 g/mol. The molecule has 4 aliphatic carbocycles. The topological polar surface area (TPSA) is 59.8 Å². The zero-order chi connectivity index (χ0) is 17.9. The van der Waals surface area contributed by atoms with Crippen molar-refractivity contribution in [3.63, 3.8) is 0 Å². The highest BCUT2D eigenvalue weighted by atomic mass is 35.5. The first-order valence-corrected chi connectivity index (χ1v) is 9.80. The number of hydrogen-bond donors (Lipinski definition) is 1. The van der Waals surface area contributed by atoms with Crippen LogP contribution in [0, 0.1) is 24.2 Å². The van der Waals surface area contributed by atoms with E-state index in [-0.39, 0.29) is 16.9 Å². The molecule has 0 saturated heterocycles. The molecule has 1 aromatic carbocycles. The van der Waals surface area contributed by atoms with Gasteiger partial charge in [0, 0.05) is 5.69 Å². The second kappa shape index (κ2) is 5.56. The number of aromatic nitrogens is 3. The highest BCUT2D eigenvalue weighted by Gasteiger charge is 2.61. The zero-order valence-corrected chi connectivity index (χ0v) is 15.7. The number of carbonyl (C=O) groups excluding carboxylic acids is 1. The Morgan fingerprint density at radius 2 is 2.04 bits per heavy atom. The normalized spacial score (nSPS) is 34.8. The molecule has 2 atom stereocenters. The van der Waals surface area contributed by atoms with Gasteiger partial charge in [-0.25, -0.2) is 9.67 Å². The van der Waals surface area contributed by atoms with Gasteiger partial charge in [-0.15, -0.1) is 5.10 Å². The molecular weight excluding hydrogens is 348 g/mol. The van der Waals surface area contributed by atoms with E-state index in [9.17, 15) is 4.79 Å². The summed E-state index contributed by atoms with van der Waals surface area (Å²) in [6.45, 7) is 2.05. The third-order valence-electron chi connectivity index (χ3n) is 6.74. The molecular formula is C20H23ClN4O. The maximum Gasteiger partial charge on any atom is 0.242 e. The quantitative estimate of drug-likeness (QED) is 0.881. The van der Waals surface area contributed by atoms with Crippen molar-refractivity contribution in [3.8, 4) is 0 Å². The van der Waals surface area contributed by atoms with E-state index in [4.69, 9.17) is 11.6 Å². The van der Waals surface area contributed by atoms with Gasteiger partial charge in [0.05, 0.1) is 11.0 Å². The molecule has 0 aliphatic heterocycles. The molecule has 5 nitrogen and oxygen atoms in total. The van der Waals surface area contributed by atoms with Gasteiger partial charge < -0.3 is 5.32 Å². The Labute approximate surface area is 158 Å². The predicted octanol–water partition coefficient (Wildman–Crippen LogP) is 4.17. The first kappa shape index (κ1) is 16.3. The summed E-state index contributed by atoms with van der Waals surface area (Å²) in [5.74, 6) is 1.35. The van der Waals surface area contributed by atoms with Gasteiger partial charge >= 0.3 is 0 Å². The highest BCUT2D eigenvalue weighted by Crippen LogP contribution is 2.64. The molecule has 0 unspecified atom stereocenters. The smallest absolute Gasteiger partial charge is 0.242 e. The van der Waals surface area contributed by atoms with Crippen molar-refractivity contribution in [1.29, 1.82) is 0 Å². The molecule has 26 heavy (non-hydrogen) atoms. The minimum atomic E-state index is -0.299. The third-order valence-corrected chi connectivity index (χ3v) is 6.91. The number of carbonyl (C=O) groups is 1. The van der Waals surface area contributed by atoms with Gasteiger partial charge in [-0.05, 0) is 86.6 Å². The molecule has 0 radical (unpaired) electrons. The number of anilines is 1. The lowest BCUT2D eigenvalue weighted by Crippen LogP contribution is -2.60. The number of nitrogens with one attached hydrogen (secondary N) is 1. The summed E-state index contributed by atoms with van der Waals surface area (Å²) in [5.41, 5.74) is 1.64. The SMILES string of the molecule is Cc1cccc(NC(=O)C23C[C@@H]4C[C@@H](C2)CC(n2cnc(Cl)n2)(C4)C3)c1. The molecule has 1 heterocycles. The molecule has 1 aromatic heterocycles. The van der Waals surface area contributed by atoms with Gasteiger partial charge in [0.15, 0.2) is 0 Å². The Hall–Kier alpha value is -1.88. The van der Waals surface area contributed by atoms with E-state index in [0.29, 0.717) is 17.1 Å². The molecule has 6 heteroatoms. The van der Waals surface area contributed by atoms with E-state index in [2.05, 4.69) is 15.4 Å². The Kier molecular flexibility index (Phi) is 3.48. The van der Waals surface area contributed by atoms with Crippen molar-refractivity contribution in [2.24, 2.45) is 17.3 Å². The van der Waals surface area contributed by atoms with Crippen LogP contribution in [-0.2, 0) is 10.3 Å². The van der Waals surface area contributed by atoms with Crippen LogP contribution in [-0.4, -0.2) is 20.7 Å². The Balaban J connectivity index is 1.47. The van der Waals surface area contributed by atoms with Crippen LogP contribution in [0.5, 0.6) is 0 Å². The number of nitrogens with zero attached hydrogens (tertiary/aromatic N) is 3. The molecule has 4 fully saturated rings. The lowest BCUT2D eigenvalue weighted by molar-refractivity contribution is -0.150. The standard InChI is InChI=1S/C20H23ClN4O/c1-13-3-2-4-16(5-13)23-17(26)19-7-14-6-15(8-19)10-20(9-14,11-19)25-12-22-18(21)24-25/h2-5,12,14-15H,6-11H2,1H3,(H,23,26)/t14-,15-,19?,20?/m0/s1. The lowest BCUT2D eigenvalue weighted by atomic mass is 9.46. The number of benzene rings is 1. The first-order chi connectivity index (χ1) is 12.5. The Morgan fingerprint density at radius 3 is 2.69 bits per heavy atom. The van der Waals surface area contributed by atoms with E-state index in [1.807, 2.05) is 35.9 Å². The summed E-state index contributed by atoms with van der Waals surface area (Å²) >= 11 is 6.00. The monoisotopic (exact) mass is 370 g/mol. The molecule has 1 amide bonds. The maximum absolute atomic E-state index is 13.4. The van der Waals surface area contributed by atoms with E-state index in [1.54, 1.807) is 6.33 Å². The Bertz CT molecular complexity index is 862. The molecule has 4 aliphatic rings. The van der Waals surface area contributed by atoms with Gasteiger partial charge in [0.1, 0.15) is 6.33 Å². The minimum Gasteiger partial charge on any atom is -0.326 e. The van der Waals surface area contributed by atoms with Crippen molar-refractivity contribution >= 4 is 23.2 Å². The maximum atomic E-state index is 13.4. The van der Waals surface area contributed by atoms with Crippen molar-refractivity contribution < 1.29 is 4.79 Å². The van der Waals surface area contributed by atoms with Crippen molar-refractivity contribution in [3.05, 3.63) is 41.4 Å². The number of amides is 1. The van der Waals surface area contributed by atoms with Crippen LogP contribution in [0.2, 0.25) is 5.28 Å². The second-order valence-electron chi connectivity index (χ2n) is 8.75. The zero-order valence-electron chi connectivity index (χ0n) is 14.9. The fourth-order valence-corrected chi connectivity index (χ4v) is 6.33. The average Bonchev–Trinajstić information content (AvgIpc) is 3.01. The first-order valence-electron chi connectivity index (χ1n) is 9.42. The molecule has 0 spiro atoms. The molecule has 1 N–H and O–H groups in total. The second-order valence-corrected chi connectivity index (χ2v) is 9.09. The van der Waals surface area contributed by atoms with Crippen molar-refractivity contribution in [2.45, 2.75) is 51.0 Å². The predicted molar refractivity (Wildman–Crippen MR) is 99.9 cm³/mol. The van der Waals surface area contributed by atoms with Crippen LogP contribution in [0.1, 0.15) is 44.1 Å². The highest BCUT2D eigenvalue weighted by molar-refractivity contribution is 6.28. The third kappa shape index (κ3) is 2.48. The van der Waals surface area contributed by atoms with Crippen LogP contribution in [0.15, 0.2) is 30.6 Å². The van der Waals surface area contributed by atoms with E-state index in [0.717, 1.165) is 43.4 Å². The molecule has 4 bridgehead atoms. The Morgan fingerprint density at radius 1 is 1.27 bits per heavy atom. The van der Waals surface area contributed by atoms with Crippen LogP contribution < -0.4 is 5.32 Å². The summed E-state index contributed by atoms with van der Waals surface area (Å²) in [6, 6.07) is 8.04. The molecule has 2 aromatic rings. The molecule has 136 valence electrons. The van der Waals surface area contributed by atoms with Crippen LogP contribution in [0.4, 0.5) is 5.69 Å². The molecule has 6 rings (SSSR count). The summed E-state index contributed by atoms with van der Waals surface area (Å²) in [6.07, 6.45) is 7.98. The van der Waals surface area contributed by atoms with Gasteiger partial charge in [-0.1, -0.05) is 12.1 Å². The minimum absolute atomic E-state index is 0.103. The van der Waals surface area contributed by atoms with E-state index in [1.165, 1.54) is 6.42 Å². The van der Waals surface area contributed by atoms with Gasteiger partial charge in [-0.2, -0.15) is 0 Å². The number of hydrogen-bond acceptors (Lipinski definition) is 3. The molecule has 4 saturated carbocycles. The van der Waals surface area contributed by atoms with E-state index < -0.39 is 0 Å². The number of aryl methyl sites for hydroxylation is 1. The van der Waals surface area contributed by atoms with Gasteiger partial charge in [-0.3, -0.25) is 4.79 Å². The summed E-state index contributed by atoms with van der Waals surface area (Å²) in [7, 11) is 0. The fourth-order valence-electron chi connectivity index (χ4n) is 6.21. The fraction of sp³-hybridized carbons (Fsp3) is 0.550. The number of halogens is 1. The van der Waals surface area contributed by atoms with Crippen molar-refractivity contribution in [1.82, 2.24) is 14.8 Å². The van der Waals surface area contributed by atoms with Gasteiger partial charge in [0.2, 0.25) is 11.2 Å². The van der Waals surface area contributed by atoms with Crippen molar-refractivity contribution in [2.75, 3.05) is 5.32 Å². The summed E-state index contributed by atoms with van der Waals surface area (Å²) in [4.78, 5) is 17.5. The van der Waals surface area contributed by atoms with E-state index >= 15 is 0 Å². The van der Waals surface area contributed by atoms with Crippen LogP contribution in [0.3, 0.4) is 0 Å². The number of rotatable bonds is 3. The largest absolute Gasteiger partial charge is 0.326 e. The summed E-state index contributed by atoms with van der Waals surface area (Å²) in [5, 5.41) is 7.92. The lowest BCUT2D eigenvalue weighted by Gasteiger charge is -2.60. The van der Waals surface area contributed by atoms with Crippen LogP contribution in [0.25, 0.3) is 0 Å². The van der Waals surface area contributed by atoms with Gasteiger partial charge in [0.25, 0.3) is 0 Å². The van der Waals surface area contributed by atoms with Crippen LogP contribution >= 0.6 is 11.6 Å². The summed E-state index contributed by atoms with van der Waals surface area (Å²) < 4.78 is 1.96.